The molecule has 0 radical (unpaired) electrons. The molecule has 0 N–H and O–H groups in total. The highest BCUT2D eigenvalue weighted by Crippen LogP contribution is 2.62. The third-order valence-corrected chi connectivity index (χ3v) is 15.3. The summed E-state index contributed by atoms with van der Waals surface area (Å²) in [6.45, 7) is 12.4. The minimum atomic E-state index is -0.0546. The molecular formula is C58H52BN3. The maximum Gasteiger partial charge on any atom is 0.252 e. The zero-order valence-electron chi connectivity index (χ0n) is 36.5. The Hall–Kier alpha value is -6.52. The molecule has 0 spiro atoms. The number of benzene rings is 8. The molecule has 4 heteroatoms. The van der Waals surface area contributed by atoms with Crippen molar-refractivity contribution < 1.29 is 0 Å². The predicted octanol–water partition coefficient (Wildman–Crippen LogP) is 13.6. The molecule has 4 aliphatic rings. The van der Waals surface area contributed by atoms with E-state index >= 15 is 0 Å². The van der Waals surface area contributed by atoms with Crippen LogP contribution < -0.4 is 31.1 Å². The molecule has 2 unspecified atom stereocenters. The van der Waals surface area contributed by atoms with E-state index in [0.717, 1.165) is 17.1 Å². The van der Waals surface area contributed by atoms with Gasteiger partial charge in [-0.2, -0.15) is 0 Å². The van der Waals surface area contributed by atoms with Gasteiger partial charge in [0, 0.05) is 50.9 Å². The first kappa shape index (κ1) is 37.3. The van der Waals surface area contributed by atoms with Crippen molar-refractivity contribution in [1.29, 1.82) is 0 Å². The van der Waals surface area contributed by atoms with Crippen LogP contribution in [-0.4, -0.2) is 12.3 Å². The molecule has 62 heavy (non-hydrogen) atoms. The Kier molecular flexibility index (Phi) is 8.11. The molecular weight excluding hydrogens is 749 g/mol. The minimum absolute atomic E-state index is 0.0165. The molecule has 3 nitrogen and oxygen atoms in total. The van der Waals surface area contributed by atoms with Crippen LogP contribution in [0, 0.1) is 0 Å². The monoisotopic (exact) mass is 801 g/mol. The van der Waals surface area contributed by atoms with E-state index < -0.39 is 0 Å². The highest BCUT2D eigenvalue weighted by Gasteiger charge is 2.61. The largest absolute Gasteiger partial charge is 0.335 e. The summed E-state index contributed by atoms with van der Waals surface area (Å²) in [4.78, 5) is 7.89. The van der Waals surface area contributed by atoms with E-state index in [4.69, 9.17) is 0 Å². The van der Waals surface area contributed by atoms with Crippen molar-refractivity contribution in [3.8, 4) is 11.1 Å². The highest BCUT2D eigenvalue weighted by atomic mass is 15.3. The van der Waals surface area contributed by atoms with Gasteiger partial charge in [-0.1, -0.05) is 156 Å². The maximum absolute atomic E-state index is 2.85. The summed E-state index contributed by atoms with van der Waals surface area (Å²) in [6.07, 6.45) is 4.95. The van der Waals surface area contributed by atoms with Crippen LogP contribution in [0.5, 0.6) is 0 Å². The SMILES string of the molecule is CC(C)(C)c1cc2c3c(c1)N1c4c(cccc4C4(C)CCCCC14C)B3c1ccc(N(c3ccccc3)c3cccc(-c4cccc5ccccc45)c3)cc1N2c1ccccc1. The molecule has 12 rings (SSSR count). The summed E-state index contributed by atoms with van der Waals surface area (Å²) in [5.41, 5.74) is 19.5. The minimum Gasteiger partial charge on any atom is -0.335 e. The van der Waals surface area contributed by atoms with Gasteiger partial charge in [0.15, 0.2) is 0 Å². The Balaban J connectivity index is 1.12. The summed E-state index contributed by atoms with van der Waals surface area (Å²) in [6, 6.07) is 66.2. The molecule has 302 valence electrons. The molecule has 8 aromatic carbocycles. The predicted molar refractivity (Wildman–Crippen MR) is 265 cm³/mol. The molecule has 0 amide bonds. The molecule has 1 aliphatic carbocycles. The van der Waals surface area contributed by atoms with E-state index in [1.807, 2.05) is 0 Å². The Labute approximate surface area is 367 Å². The van der Waals surface area contributed by atoms with Gasteiger partial charge in [0.05, 0.1) is 5.54 Å². The van der Waals surface area contributed by atoms with Crippen LogP contribution in [-0.2, 0) is 10.8 Å². The third kappa shape index (κ3) is 5.25. The number of hydrogen-bond acceptors (Lipinski definition) is 3. The van der Waals surface area contributed by atoms with Crippen LogP contribution in [0.25, 0.3) is 21.9 Å². The average molecular weight is 802 g/mol. The van der Waals surface area contributed by atoms with Crippen LogP contribution in [0.2, 0.25) is 0 Å². The Morgan fingerprint density at radius 2 is 1.24 bits per heavy atom. The number of fused-ring (bicyclic) bond motifs is 8. The first-order valence-corrected chi connectivity index (χ1v) is 22.7. The second-order valence-electron chi connectivity index (χ2n) is 19.7. The Morgan fingerprint density at radius 1 is 0.565 bits per heavy atom. The van der Waals surface area contributed by atoms with E-state index in [1.54, 1.807) is 0 Å². The van der Waals surface area contributed by atoms with E-state index in [0.29, 0.717) is 0 Å². The van der Waals surface area contributed by atoms with Crippen LogP contribution in [0.3, 0.4) is 0 Å². The van der Waals surface area contributed by atoms with Crippen molar-refractivity contribution in [2.24, 2.45) is 0 Å². The van der Waals surface area contributed by atoms with Crippen LogP contribution in [0.4, 0.5) is 45.5 Å². The zero-order chi connectivity index (χ0) is 42.0. The first-order valence-electron chi connectivity index (χ1n) is 22.7. The van der Waals surface area contributed by atoms with Crippen LogP contribution in [0.15, 0.2) is 176 Å². The molecule has 8 aromatic rings. The second kappa shape index (κ2) is 13.5. The topological polar surface area (TPSA) is 9.72 Å². The summed E-state index contributed by atoms with van der Waals surface area (Å²) in [5, 5.41) is 2.51. The van der Waals surface area contributed by atoms with E-state index in [9.17, 15) is 0 Å². The zero-order valence-corrected chi connectivity index (χ0v) is 36.5. The number of anilines is 8. The average Bonchev–Trinajstić information content (AvgIpc) is 3.51. The summed E-state index contributed by atoms with van der Waals surface area (Å²) in [5.74, 6) is 0. The van der Waals surface area contributed by atoms with Gasteiger partial charge < -0.3 is 14.7 Å². The summed E-state index contributed by atoms with van der Waals surface area (Å²) in [7, 11) is 0. The lowest BCUT2D eigenvalue weighted by molar-refractivity contribution is 0.195. The number of para-hydroxylation sites is 3. The number of nitrogens with zero attached hydrogens (tertiary/aromatic N) is 3. The quantitative estimate of drug-likeness (QED) is 0.161. The molecule has 3 heterocycles. The van der Waals surface area contributed by atoms with E-state index in [1.165, 1.54) is 104 Å². The molecule has 3 aliphatic heterocycles. The highest BCUT2D eigenvalue weighted by molar-refractivity contribution is 7.00. The van der Waals surface area contributed by atoms with Gasteiger partial charge in [-0.05, 0) is 135 Å². The van der Waals surface area contributed by atoms with E-state index in [2.05, 4.69) is 225 Å². The van der Waals surface area contributed by atoms with Gasteiger partial charge in [-0.25, -0.2) is 0 Å². The van der Waals surface area contributed by atoms with Crippen LogP contribution >= 0.6 is 0 Å². The molecule has 1 fully saturated rings. The van der Waals surface area contributed by atoms with Crippen molar-refractivity contribution >= 4 is 79.4 Å². The number of hydrogen-bond donors (Lipinski definition) is 0. The van der Waals surface area contributed by atoms with Crippen molar-refractivity contribution in [1.82, 2.24) is 0 Å². The van der Waals surface area contributed by atoms with Crippen LogP contribution in [0.1, 0.15) is 71.4 Å². The van der Waals surface area contributed by atoms with Crippen molar-refractivity contribution in [2.75, 3.05) is 14.7 Å². The molecule has 0 aromatic heterocycles. The summed E-state index contributed by atoms with van der Waals surface area (Å²) < 4.78 is 0. The van der Waals surface area contributed by atoms with Crippen molar-refractivity contribution in [3.63, 3.8) is 0 Å². The smallest absolute Gasteiger partial charge is 0.252 e. The van der Waals surface area contributed by atoms with Gasteiger partial charge in [0.2, 0.25) is 0 Å². The fraction of sp³-hybridized carbons (Fsp3) is 0.207. The van der Waals surface area contributed by atoms with Crippen molar-refractivity contribution in [3.05, 3.63) is 187 Å². The second-order valence-corrected chi connectivity index (χ2v) is 19.7. The molecule has 0 bridgehead atoms. The third-order valence-electron chi connectivity index (χ3n) is 15.3. The number of rotatable bonds is 5. The lowest BCUT2D eigenvalue weighted by Crippen LogP contribution is -2.64. The summed E-state index contributed by atoms with van der Waals surface area (Å²) >= 11 is 0. The van der Waals surface area contributed by atoms with Gasteiger partial charge in [0.1, 0.15) is 0 Å². The van der Waals surface area contributed by atoms with Gasteiger partial charge in [-0.3, -0.25) is 0 Å². The maximum atomic E-state index is 2.85. The standard InChI is InChI=1S/C58H52BN3/c1-56(2,3)41-36-52-54-53(37-41)62-55-48(57(4)33-14-15-34-58(57,62)5)29-18-30-50(55)59(54)49-32-31-45(38-51(49)61(52)43-24-10-7-11-25-43)60(42-22-8-6-9-23-42)44-26-16-21-40(35-44)47-28-17-20-39-19-12-13-27-46(39)47/h6-13,16-32,35-38H,14-15,33-34H2,1-5H3. The fourth-order valence-electron chi connectivity index (χ4n) is 12.0. The van der Waals surface area contributed by atoms with E-state index in [-0.39, 0.29) is 23.1 Å². The van der Waals surface area contributed by atoms with Gasteiger partial charge in [-0.15, -0.1) is 0 Å². The Bertz CT molecular complexity index is 3070. The Morgan fingerprint density at radius 3 is 2.06 bits per heavy atom. The molecule has 1 saturated carbocycles. The first-order chi connectivity index (χ1) is 30.1. The lowest BCUT2D eigenvalue weighted by Gasteiger charge is -2.53. The molecule has 0 saturated heterocycles. The molecule has 2 atom stereocenters. The van der Waals surface area contributed by atoms with Crippen molar-refractivity contribution in [2.45, 2.75) is 76.7 Å². The fourth-order valence-corrected chi connectivity index (χ4v) is 12.0. The van der Waals surface area contributed by atoms with Gasteiger partial charge in [0.25, 0.3) is 6.71 Å². The van der Waals surface area contributed by atoms with Gasteiger partial charge >= 0.3 is 0 Å². The normalized spacial score (nSPS) is 19.5. The lowest BCUT2D eigenvalue weighted by atomic mass is 9.33.